The Morgan fingerprint density at radius 1 is 1.36 bits per heavy atom. The number of aromatic nitrogens is 1. The first-order valence-electron chi connectivity index (χ1n) is 8.58. The number of ketones is 1. The molecule has 9 heteroatoms. The summed E-state index contributed by atoms with van der Waals surface area (Å²) in [6, 6.07) is 7.83. The van der Waals surface area contributed by atoms with Crippen LogP contribution in [0.4, 0.5) is 4.79 Å². The molecule has 0 radical (unpaired) electrons. The highest BCUT2D eigenvalue weighted by Crippen LogP contribution is 2.35. The van der Waals surface area contributed by atoms with Crippen LogP contribution in [0.5, 0.6) is 5.88 Å². The quantitative estimate of drug-likeness (QED) is 0.351. The van der Waals surface area contributed by atoms with Crippen LogP contribution < -0.4 is 22.6 Å². The van der Waals surface area contributed by atoms with E-state index in [-0.39, 0.29) is 29.6 Å². The minimum atomic E-state index is -0.473. The fourth-order valence-corrected chi connectivity index (χ4v) is 3.77. The Labute approximate surface area is 178 Å². The summed E-state index contributed by atoms with van der Waals surface area (Å²) in [5.41, 5.74) is 0.523. The number of hydrogen-bond donors (Lipinski definition) is 3. The number of benzene rings is 1. The van der Waals surface area contributed by atoms with Crippen molar-refractivity contribution in [2.75, 3.05) is 27.2 Å². The lowest BCUT2D eigenvalue weighted by atomic mass is 10.2. The minimum Gasteiger partial charge on any atom is -1.00 e. The molecule has 150 valence electrons. The SMILES string of the molecule is C[NH+](C)CCCNC(=O)n1c(O)c([14C](=O)c2cccs2)c2cc(Cl)ccc21.[Cl-]. The number of aromatic hydroxyl groups is 1. The first-order chi connectivity index (χ1) is 12.9. The lowest BCUT2D eigenvalue weighted by molar-refractivity contribution is -0.858. The van der Waals surface area contributed by atoms with Crippen molar-refractivity contribution >= 4 is 45.7 Å². The van der Waals surface area contributed by atoms with E-state index in [0.717, 1.165) is 17.5 Å². The molecule has 3 rings (SSSR count). The van der Waals surface area contributed by atoms with Crippen LogP contribution in [0.15, 0.2) is 35.7 Å². The minimum absolute atomic E-state index is 0. The summed E-state index contributed by atoms with van der Waals surface area (Å²) >= 11 is 7.37. The number of halogens is 2. The zero-order chi connectivity index (χ0) is 19.6. The van der Waals surface area contributed by atoms with Gasteiger partial charge in [-0.15, -0.1) is 11.3 Å². The molecule has 0 atom stereocenters. The third-order valence-corrected chi connectivity index (χ3v) is 5.31. The van der Waals surface area contributed by atoms with Crippen LogP contribution >= 0.6 is 22.9 Å². The standard InChI is InChI=1S/C19H20ClN3O3S.ClH/c1-22(2)9-4-8-21-19(26)23-14-7-6-12(20)11-13(14)16(18(23)25)17(24)15-5-3-10-27-15;/h3,5-7,10-11,25H,4,8-9H2,1-2H3,(H,21,26);1H/i17+2;. The highest BCUT2D eigenvalue weighted by molar-refractivity contribution is 7.12. The average Bonchev–Trinajstić information content (AvgIpc) is 3.23. The van der Waals surface area contributed by atoms with Crippen LogP contribution in [0.2, 0.25) is 5.02 Å². The van der Waals surface area contributed by atoms with E-state index in [1.54, 1.807) is 35.7 Å². The van der Waals surface area contributed by atoms with E-state index >= 15 is 0 Å². The number of nitrogens with zero attached hydrogens (tertiary/aromatic N) is 1. The smallest absolute Gasteiger partial charge is 0.328 e. The van der Waals surface area contributed by atoms with Crippen LogP contribution in [-0.4, -0.2) is 48.7 Å². The summed E-state index contributed by atoms with van der Waals surface area (Å²) in [6.07, 6.45) is 0.806. The summed E-state index contributed by atoms with van der Waals surface area (Å²) in [6.45, 7) is 1.39. The van der Waals surface area contributed by atoms with Crippen LogP contribution in [0.1, 0.15) is 21.7 Å². The molecule has 0 spiro atoms. The van der Waals surface area contributed by atoms with Crippen molar-refractivity contribution in [1.82, 2.24) is 9.88 Å². The van der Waals surface area contributed by atoms with Crippen LogP contribution in [0.3, 0.4) is 0 Å². The lowest BCUT2D eigenvalue weighted by Crippen LogP contribution is -3.05. The molecular formula is C19H21Cl2N3O3S. The second-order valence-electron chi connectivity index (χ2n) is 6.54. The number of amides is 1. The highest BCUT2D eigenvalue weighted by Gasteiger charge is 2.27. The van der Waals surface area contributed by atoms with E-state index in [1.165, 1.54) is 16.2 Å². The van der Waals surface area contributed by atoms with Crippen LogP contribution in [0, 0.1) is 0 Å². The number of hydrogen-bond acceptors (Lipinski definition) is 4. The molecule has 3 N–H and O–H groups in total. The first kappa shape index (κ1) is 22.2. The van der Waals surface area contributed by atoms with Gasteiger partial charge < -0.3 is 27.7 Å². The van der Waals surface area contributed by atoms with Gasteiger partial charge in [0, 0.05) is 23.4 Å². The second kappa shape index (κ2) is 9.43. The molecule has 0 aliphatic heterocycles. The largest absolute Gasteiger partial charge is 1.00 e. The molecular weight excluding hydrogens is 423 g/mol. The zero-order valence-electron chi connectivity index (χ0n) is 15.5. The summed E-state index contributed by atoms with van der Waals surface area (Å²) < 4.78 is 1.13. The van der Waals surface area contributed by atoms with Crippen molar-refractivity contribution < 1.29 is 32.0 Å². The number of quaternary nitrogens is 1. The van der Waals surface area contributed by atoms with Gasteiger partial charge in [-0.05, 0) is 29.6 Å². The maximum absolute atomic E-state index is 12.9. The normalized spacial score (nSPS) is 10.9. The van der Waals surface area contributed by atoms with Crippen molar-refractivity contribution in [3.63, 3.8) is 0 Å². The molecule has 0 fully saturated rings. The number of rotatable bonds is 6. The number of fused-ring (bicyclic) bond motifs is 1. The van der Waals surface area contributed by atoms with Gasteiger partial charge in [-0.1, -0.05) is 17.7 Å². The van der Waals surface area contributed by atoms with Crippen molar-refractivity contribution in [1.29, 1.82) is 0 Å². The van der Waals surface area contributed by atoms with E-state index in [0.29, 0.717) is 27.3 Å². The monoisotopic (exact) mass is 443 g/mol. The van der Waals surface area contributed by atoms with Crippen molar-refractivity contribution in [2.24, 2.45) is 0 Å². The zero-order valence-corrected chi connectivity index (χ0v) is 17.8. The molecule has 0 saturated heterocycles. The molecule has 1 aromatic carbocycles. The third kappa shape index (κ3) is 4.50. The lowest BCUT2D eigenvalue weighted by Gasteiger charge is -2.10. The Morgan fingerprint density at radius 3 is 2.75 bits per heavy atom. The molecule has 0 bridgehead atoms. The molecule has 2 heterocycles. The summed E-state index contributed by atoms with van der Waals surface area (Å²) in [4.78, 5) is 27.3. The van der Waals surface area contributed by atoms with Gasteiger partial charge in [0.15, 0.2) is 0 Å². The van der Waals surface area contributed by atoms with Gasteiger partial charge in [-0.2, -0.15) is 0 Å². The maximum Gasteiger partial charge on any atom is 0.328 e. The first-order valence-corrected chi connectivity index (χ1v) is 9.84. The van der Waals surface area contributed by atoms with Crippen molar-refractivity contribution in [2.45, 2.75) is 6.42 Å². The van der Waals surface area contributed by atoms with Gasteiger partial charge in [0.05, 0.1) is 36.6 Å². The van der Waals surface area contributed by atoms with Gasteiger partial charge >= 0.3 is 6.03 Å². The van der Waals surface area contributed by atoms with Crippen LogP contribution in [-0.2, 0) is 0 Å². The van der Waals surface area contributed by atoms with Gasteiger partial charge in [-0.3, -0.25) is 4.79 Å². The average molecular weight is 444 g/mol. The summed E-state index contributed by atoms with van der Waals surface area (Å²) in [5, 5.41) is 16.2. The molecule has 0 aliphatic carbocycles. The Kier molecular flexibility index (Phi) is 7.48. The third-order valence-electron chi connectivity index (χ3n) is 4.21. The number of thiophene rings is 1. The number of carbonyl (C=O) groups is 2. The molecule has 0 saturated carbocycles. The second-order valence-corrected chi connectivity index (χ2v) is 7.93. The topological polar surface area (TPSA) is 75.8 Å². The van der Waals surface area contributed by atoms with E-state index in [2.05, 4.69) is 5.32 Å². The van der Waals surface area contributed by atoms with Crippen molar-refractivity contribution in [3.8, 4) is 5.88 Å². The van der Waals surface area contributed by atoms with Gasteiger partial charge in [-0.25, -0.2) is 9.36 Å². The van der Waals surface area contributed by atoms with Crippen LogP contribution in [0.25, 0.3) is 10.9 Å². The highest BCUT2D eigenvalue weighted by atomic mass is 35.5. The fraction of sp³-hybridized carbons (Fsp3) is 0.263. The molecule has 1 amide bonds. The van der Waals surface area contributed by atoms with E-state index < -0.39 is 6.03 Å². The molecule has 0 unspecified atom stereocenters. The predicted molar refractivity (Wildman–Crippen MR) is 107 cm³/mol. The molecule has 2 aromatic heterocycles. The van der Waals surface area contributed by atoms with Gasteiger partial charge in [0.2, 0.25) is 11.7 Å². The summed E-state index contributed by atoms with van der Waals surface area (Å²) in [7, 11) is 4.08. The predicted octanol–water partition coefficient (Wildman–Crippen LogP) is -0.611. The molecule has 0 aliphatic rings. The molecule has 6 nitrogen and oxygen atoms in total. The van der Waals surface area contributed by atoms with E-state index in [4.69, 9.17) is 11.6 Å². The Hall–Kier alpha value is -2.06. The number of carbonyl (C=O) groups excluding carboxylic acids is 2. The fourth-order valence-electron chi connectivity index (χ4n) is 2.93. The van der Waals surface area contributed by atoms with E-state index in [9.17, 15) is 14.7 Å². The Balaban J connectivity index is 0.00000280. The molecule has 3 aromatic rings. The number of nitrogens with one attached hydrogen (secondary N) is 2. The molecule has 28 heavy (non-hydrogen) atoms. The Bertz CT molecular complexity index is 984. The van der Waals surface area contributed by atoms with E-state index in [1.807, 2.05) is 14.1 Å². The Morgan fingerprint density at radius 2 is 2.11 bits per heavy atom. The van der Waals surface area contributed by atoms with Gasteiger partial charge in [0.25, 0.3) is 0 Å². The van der Waals surface area contributed by atoms with Gasteiger partial charge in [0.1, 0.15) is 0 Å². The summed E-state index contributed by atoms with van der Waals surface area (Å²) in [5.74, 6) is -0.709. The van der Waals surface area contributed by atoms with Crippen molar-refractivity contribution in [3.05, 3.63) is 51.2 Å². The maximum atomic E-state index is 12.9.